The first-order chi connectivity index (χ1) is 11.1. The standard InChI is InChI=1S/C18H24FN3O/c1-14-16(10-20-21(14)2)12-22(13-18-7-4-8-23-18)11-15-5-3-6-17(19)9-15/h3,5-6,9-10,18H,4,7-8,11-13H2,1-2H3. The van der Waals surface area contributed by atoms with Gasteiger partial charge >= 0.3 is 0 Å². The maximum Gasteiger partial charge on any atom is 0.123 e. The molecule has 23 heavy (non-hydrogen) atoms. The Balaban J connectivity index is 1.73. The van der Waals surface area contributed by atoms with Gasteiger partial charge in [-0.25, -0.2) is 4.39 Å². The molecule has 3 rings (SSSR count). The van der Waals surface area contributed by atoms with E-state index in [4.69, 9.17) is 4.74 Å². The van der Waals surface area contributed by atoms with Crippen LogP contribution in [0, 0.1) is 12.7 Å². The predicted molar refractivity (Wildman–Crippen MR) is 87.4 cm³/mol. The number of aryl methyl sites for hydroxylation is 1. The predicted octanol–water partition coefficient (Wildman–Crippen LogP) is 3.05. The number of benzene rings is 1. The lowest BCUT2D eigenvalue weighted by molar-refractivity contribution is 0.0678. The third-order valence-electron chi connectivity index (χ3n) is 4.51. The van der Waals surface area contributed by atoms with E-state index in [-0.39, 0.29) is 11.9 Å². The lowest BCUT2D eigenvalue weighted by Gasteiger charge is -2.25. The second-order valence-electron chi connectivity index (χ2n) is 6.31. The summed E-state index contributed by atoms with van der Waals surface area (Å²) in [6.07, 6.45) is 4.43. The topological polar surface area (TPSA) is 30.3 Å². The van der Waals surface area contributed by atoms with E-state index in [1.807, 2.05) is 24.0 Å². The number of ether oxygens (including phenoxy) is 1. The molecule has 0 bridgehead atoms. The summed E-state index contributed by atoms with van der Waals surface area (Å²) in [4.78, 5) is 2.33. The van der Waals surface area contributed by atoms with Gasteiger partial charge in [0.2, 0.25) is 0 Å². The molecule has 2 heterocycles. The molecule has 5 heteroatoms. The molecule has 1 aromatic heterocycles. The van der Waals surface area contributed by atoms with Crippen LogP contribution in [-0.2, 0) is 24.9 Å². The van der Waals surface area contributed by atoms with Gasteiger partial charge in [-0.1, -0.05) is 12.1 Å². The zero-order valence-corrected chi connectivity index (χ0v) is 13.8. The minimum Gasteiger partial charge on any atom is -0.377 e. The zero-order valence-electron chi connectivity index (χ0n) is 13.8. The quantitative estimate of drug-likeness (QED) is 0.820. The number of halogens is 1. The minimum atomic E-state index is -0.183. The summed E-state index contributed by atoms with van der Waals surface area (Å²) < 4.78 is 21.1. The summed E-state index contributed by atoms with van der Waals surface area (Å²) in [5.74, 6) is -0.183. The van der Waals surface area contributed by atoms with Crippen molar-refractivity contribution in [1.82, 2.24) is 14.7 Å². The van der Waals surface area contributed by atoms with Gasteiger partial charge in [-0.15, -0.1) is 0 Å². The normalized spacial score (nSPS) is 18.0. The van der Waals surface area contributed by atoms with E-state index >= 15 is 0 Å². The number of rotatable bonds is 6. The first-order valence-electron chi connectivity index (χ1n) is 8.17. The molecule has 1 fully saturated rings. The van der Waals surface area contributed by atoms with Crippen LogP contribution in [0.1, 0.15) is 29.7 Å². The highest BCUT2D eigenvalue weighted by molar-refractivity contribution is 5.18. The first kappa shape index (κ1) is 16.1. The average molecular weight is 317 g/mol. The Morgan fingerprint density at radius 2 is 2.26 bits per heavy atom. The van der Waals surface area contributed by atoms with Crippen LogP contribution in [-0.4, -0.2) is 33.9 Å². The molecular weight excluding hydrogens is 293 g/mol. The van der Waals surface area contributed by atoms with Crippen molar-refractivity contribution in [3.63, 3.8) is 0 Å². The molecule has 1 saturated heterocycles. The van der Waals surface area contributed by atoms with E-state index in [0.29, 0.717) is 6.54 Å². The van der Waals surface area contributed by atoms with Crippen molar-refractivity contribution in [3.8, 4) is 0 Å². The van der Waals surface area contributed by atoms with Crippen molar-refractivity contribution < 1.29 is 9.13 Å². The Labute approximate surface area is 136 Å². The van der Waals surface area contributed by atoms with Gasteiger partial charge < -0.3 is 4.74 Å². The average Bonchev–Trinajstić information content (AvgIpc) is 3.13. The van der Waals surface area contributed by atoms with Gasteiger partial charge in [0.05, 0.1) is 12.3 Å². The van der Waals surface area contributed by atoms with Crippen LogP contribution in [0.25, 0.3) is 0 Å². The number of hydrogen-bond acceptors (Lipinski definition) is 3. The molecule has 1 unspecified atom stereocenters. The molecule has 0 spiro atoms. The monoisotopic (exact) mass is 317 g/mol. The summed E-state index contributed by atoms with van der Waals surface area (Å²) in [5.41, 5.74) is 3.37. The molecular formula is C18H24FN3O. The Morgan fingerprint density at radius 3 is 2.91 bits per heavy atom. The third-order valence-corrected chi connectivity index (χ3v) is 4.51. The molecule has 4 nitrogen and oxygen atoms in total. The SMILES string of the molecule is Cc1c(CN(Cc2cccc(F)c2)CC2CCCO2)cnn1C. The molecule has 1 aliphatic rings. The van der Waals surface area contributed by atoms with Crippen molar-refractivity contribution in [2.45, 2.75) is 39.0 Å². The second kappa shape index (κ2) is 7.23. The molecule has 0 saturated carbocycles. The maximum absolute atomic E-state index is 13.5. The van der Waals surface area contributed by atoms with Gasteiger partial charge in [0.25, 0.3) is 0 Å². The number of aromatic nitrogens is 2. The Hall–Kier alpha value is -1.72. The summed E-state index contributed by atoms with van der Waals surface area (Å²) in [6.45, 7) is 5.31. The molecule has 0 amide bonds. The molecule has 0 aliphatic carbocycles. The Morgan fingerprint density at radius 1 is 1.39 bits per heavy atom. The zero-order chi connectivity index (χ0) is 16.2. The maximum atomic E-state index is 13.5. The Bertz CT molecular complexity index is 649. The first-order valence-corrected chi connectivity index (χ1v) is 8.17. The Kier molecular flexibility index (Phi) is 5.08. The van der Waals surface area contributed by atoms with E-state index < -0.39 is 0 Å². The molecule has 2 aromatic rings. The smallest absolute Gasteiger partial charge is 0.123 e. The molecule has 0 radical (unpaired) electrons. The highest BCUT2D eigenvalue weighted by Crippen LogP contribution is 2.18. The summed E-state index contributed by atoms with van der Waals surface area (Å²) >= 11 is 0. The highest BCUT2D eigenvalue weighted by atomic mass is 19.1. The molecule has 1 aromatic carbocycles. The van der Waals surface area contributed by atoms with Crippen molar-refractivity contribution >= 4 is 0 Å². The second-order valence-corrected chi connectivity index (χ2v) is 6.31. The largest absolute Gasteiger partial charge is 0.377 e. The lowest BCUT2D eigenvalue weighted by atomic mass is 10.1. The molecule has 124 valence electrons. The van der Waals surface area contributed by atoms with Crippen LogP contribution in [0.5, 0.6) is 0 Å². The van der Waals surface area contributed by atoms with Gasteiger partial charge in [0, 0.05) is 44.5 Å². The fourth-order valence-electron chi connectivity index (χ4n) is 3.10. The van der Waals surface area contributed by atoms with E-state index in [2.05, 4.69) is 16.9 Å². The van der Waals surface area contributed by atoms with Crippen molar-refractivity contribution in [1.29, 1.82) is 0 Å². The fourth-order valence-corrected chi connectivity index (χ4v) is 3.10. The van der Waals surface area contributed by atoms with Crippen LogP contribution >= 0.6 is 0 Å². The van der Waals surface area contributed by atoms with Gasteiger partial charge in [-0.2, -0.15) is 5.10 Å². The molecule has 1 atom stereocenters. The van der Waals surface area contributed by atoms with Crippen LogP contribution < -0.4 is 0 Å². The highest BCUT2D eigenvalue weighted by Gasteiger charge is 2.20. The summed E-state index contributed by atoms with van der Waals surface area (Å²) in [7, 11) is 1.95. The molecule has 1 aliphatic heterocycles. The van der Waals surface area contributed by atoms with Crippen molar-refractivity contribution in [2.75, 3.05) is 13.2 Å². The van der Waals surface area contributed by atoms with Crippen LogP contribution in [0.2, 0.25) is 0 Å². The minimum absolute atomic E-state index is 0.183. The van der Waals surface area contributed by atoms with Crippen molar-refractivity contribution in [3.05, 3.63) is 53.1 Å². The summed E-state index contributed by atoms with van der Waals surface area (Å²) in [6, 6.07) is 6.84. The number of nitrogens with zero attached hydrogens (tertiary/aromatic N) is 3. The number of hydrogen-bond donors (Lipinski definition) is 0. The van der Waals surface area contributed by atoms with Gasteiger partial charge in [-0.05, 0) is 37.5 Å². The van der Waals surface area contributed by atoms with Crippen molar-refractivity contribution in [2.24, 2.45) is 7.05 Å². The molecule has 0 N–H and O–H groups in total. The summed E-state index contributed by atoms with van der Waals surface area (Å²) in [5, 5.41) is 4.32. The lowest BCUT2D eigenvalue weighted by Crippen LogP contribution is -2.31. The van der Waals surface area contributed by atoms with Crippen LogP contribution in [0.4, 0.5) is 4.39 Å². The van der Waals surface area contributed by atoms with Gasteiger partial charge in [-0.3, -0.25) is 9.58 Å². The van der Waals surface area contributed by atoms with Crippen LogP contribution in [0.3, 0.4) is 0 Å². The fraction of sp³-hybridized carbons (Fsp3) is 0.500. The van der Waals surface area contributed by atoms with E-state index in [9.17, 15) is 4.39 Å². The van der Waals surface area contributed by atoms with E-state index in [1.165, 1.54) is 17.3 Å². The van der Waals surface area contributed by atoms with Gasteiger partial charge in [0.1, 0.15) is 5.82 Å². The van der Waals surface area contributed by atoms with Gasteiger partial charge in [0.15, 0.2) is 0 Å². The van der Waals surface area contributed by atoms with Crippen LogP contribution in [0.15, 0.2) is 30.5 Å². The van der Waals surface area contributed by atoms with E-state index in [0.717, 1.165) is 38.1 Å². The van der Waals surface area contributed by atoms with E-state index in [1.54, 1.807) is 12.1 Å². The third kappa shape index (κ3) is 4.18.